The first-order chi connectivity index (χ1) is 14.4. The lowest BCUT2D eigenvalue weighted by atomic mass is 10.0. The van der Waals surface area contributed by atoms with Crippen molar-refractivity contribution in [3.8, 4) is 5.82 Å². The molecule has 1 unspecified atom stereocenters. The number of carbonyl (C=O) groups excluding carboxylic acids is 3. The van der Waals surface area contributed by atoms with Gasteiger partial charge in [0.1, 0.15) is 11.7 Å². The van der Waals surface area contributed by atoms with E-state index in [1.165, 1.54) is 16.9 Å². The summed E-state index contributed by atoms with van der Waals surface area (Å²) in [6.45, 7) is 8.71. The van der Waals surface area contributed by atoms with Crippen LogP contribution < -0.4 is 11.1 Å². The summed E-state index contributed by atoms with van der Waals surface area (Å²) in [6, 6.07) is 12.5. The topological polar surface area (TPSA) is 124 Å². The number of ketones is 1. The van der Waals surface area contributed by atoms with Crippen LogP contribution in [0.5, 0.6) is 0 Å². The van der Waals surface area contributed by atoms with Crippen molar-refractivity contribution >= 4 is 23.3 Å². The van der Waals surface area contributed by atoms with E-state index in [-0.39, 0.29) is 12.1 Å². The van der Waals surface area contributed by atoms with E-state index in [2.05, 4.69) is 20.2 Å². The van der Waals surface area contributed by atoms with Gasteiger partial charge in [0.05, 0.1) is 12.3 Å². The first-order valence-electron chi connectivity index (χ1n) is 8.98. The molecule has 9 nitrogen and oxygen atoms in total. The molecule has 0 saturated heterocycles. The van der Waals surface area contributed by atoms with E-state index in [1.807, 2.05) is 6.07 Å². The highest BCUT2D eigenvalue weighted by atomic mass is 16.2. The lowest BCUT2D eigenvalue weighted by Crippen LogP contribution is -2.47. The predicted molar refractivity (Wildman–Crippen MR) is 108 cm³/mol. The van der Waals surface area contributed by atoms with Gasteiger partial charge in [0.2, 0.25) is 11.5 Å². The zero-order valence-corrected chi connectivity index (χ0v) is 16.1. The number of pyridine rings is 1. The van der Waals surface area contributed by atoms with Crippen molar-refractivity contribution in [2.45, 2.75) is 19.4 Å². The minimum atomic E-state index is -1.13. The number of primary amides is 1. The summed E-state index contributed by atoms with van der Waals surface area (Å²) in [5.41, 5.74) is 6.96. The highest BCUT2D eigenvalue weighted by Crippen LogP contribution is 2.15. The number of aryl methyl sites for hydroxylation is 1. The number of hydrogen-bond acceptors (Lipinski definition) is 5. The first kappa shape index (κ1) is 20.4. The van der Waals surface area contributed by atoms with Crippen LogP contribution in [0, 0.1) is 13.5 Å². The van der Waals surface area contributed by atoms with Gasteiger partial charge >= 0.3 is 0 Å². The molecule has 150 valence electrons. The van der Waals surface area contributed by atoms with E-state index >= 15 is 0 Å². The van der Waals surface area contributed by atoms with Crippen molar-refractivity contribution in [1.29, 1.82) is 0 Å². The Morgan fingerprint density at radius 3 is 2.53 bits per heavy atom. The van der Waals surface area contributed by atoms with Crippen molar-refractivity contribution < 1.29 is 14.4 Å². The molecule has 0 bridgehead atoms. The fourth-order valence-electron chi connectivity index (χ4n) is 2.87. The molecule has 3 N–H and O–H groups in total. The Labute approximate surface area is 172 Å². The van der Waals surface area contributed by atoms with Gasteiger partial charge in [-0.25, -0.2) is 14.5 Å². The molecule has 1 aromatic carbocycles. The summed E-state index contributed by atoms with van der Waals surface area (Å²) >= 11 is 0. The molecule has 2 heterocycles. The summed E-state index contributed by atoms with van der Waals surface area (Å²) < 4.78 is 1.31. The standard InChI is InChI=1S/C21H18N6O3/c1-13-10-17(27(26-13)18-9-8-15(23-2)12-24-18)21(30)25-16(19(28)20(22)29)11-14-6-4-3-5-7-14/h3-10,12,16H,11H2,1H3,(H2,22,29)(H,25,30). The average Bonchev–Trinajstić information content (AvgIpc) is 3.15. The van der Waals surface area contributed by atoms with Gasteiger partial charge in [-0.15, -0.1) is 0 Å². The SMILES string of the molecule is [C-]#[N+]c1ccc(-n2nc(C)cc2C(=O)NC(Cc2ccccc2)C(=O)C(N)=O)nc1. The Balaban J connectivity index is 1.89. The largest absolute Gasteiger partial charge is 0.363 e. The summed E-state index contributed by atoms with van der Waals surface area (Å²) in [5.74, 6) is -2.30. The number of rotatable bonds is 7. The Bertz CT molecular complexity index is 1130. The lowest BCUT2D eigenvalue weighted by molar-refractivity contribution is -0.137. The molecule has 30 heavy (non-hydrogen) atoms. The maximum absolute atomic E-state index is 13.0. The molecule has 3 aromatic rings. The number of aromatic nitrogens is 3. The van der Waals surface area contributed by atoms with Crippen LogP contribution in [0.3, 0.4) is 0 Å². The van der Waals surface area contributed by atoms with Crippen LogP contribution in [-0.4, -0.2) is 38.4 Å². The monoisotopic (exact) mass is 402 g/mol. The number of nitrogens with two attached hydrogens (primary N) is 1. The number of amides is 2. The summed E-state index contributed by atoms with van der Waals surface area (Å²) in [5, 5.41) is 6.85. The van der Waals surface area contributed by atoms with Gasteiger partial charge in [-0.05, 0) is 24.6 Å². The Morgan fingerprint density at radius 1 is 1.20 bits per heavy atom. The van der Waals surface area contributed by atoms with Crippen LogP contribution in [-0.2, 0) is 16.0 Å². The number of carbonyl (C=O) groups is 3. The smallest absolute Gasteiger partial charge is 0.287 e. The summed E-state index contributed by atoms with van der Waals surface area (Å²) in [4.78, 5) is 44.1. The second-order valence-electron chi connectivity index (χ2n) is 6.51. The van der Waals surface area contributed by atoms with Gasteiger partial charge in [0.25, 0.3) is 11.8 Å². The van der Waals surface area contributed by atoms with Crippen molar-refractivity contribution in [2.24, 2.45) is 5.73 Å². The van der Waals surface area contributed by atoms with Gasteiger partial charge in [-0.3, -0.25) is 14.4 Å². The molecule has 2 aromatic heterocycles. The maximum atomic E-state index is 13.0. The van der Waals surface area contributed by atoms with Crippen molar-refractivity contribution in [2.75, 3.05) is 0 Å². The van der Waals surface area contributed by atoms with Crippen LogP contribution in [0.1, 0.15) is 21.7 Å². The number of benzene rings is 1. The average molecular weight is 402 g/mol. The second kappa shape index (κ2) is 8.79. The second-order valence-corrected chi connectivity index (χ2v) is 6.51. The molecule has 0 aliphatic heterocycles. The molecular weight excluding hydrogens is 384 g/mol. The molecule has 3 rings (SSSR count). The Kier molecular flexibility index (Phi) is 5.98. The van der Waals surface area contributed by atoms with Crippen LogP contribution in [0.15, 0.2) is 54.7 Å². The zero-order chi connectivity index (χ0) is 21.7. The van der Waals surface area contributed by atoms with Gasteiger partial charge in [-0.2, -0.15) is 5.10 Å². The summed E-state index contributed by atoms with van der Waals surface area (Å²) in [7, 11) is 0. The minimum absolute atomic E-state index is 0.111. The molecule has 0 saturated carbocycles. The lowest BCUT2D eigenvalue weighted by Gasteiger charge is -2.16. The van der Waals surface area contributed by atoms with E-state index < -0.39 is 23.6 Å². The third-order valence-electron chi connectivity index (χ3n) is 4.29. The molecule has 0 aliphatic rings. The fourth-order valence-corrected chi connectivity index (χ4v) is 2.87. The number of nitrogens with one attached hydrogen (secondary N) is 1. The number of nitrogens with zero attached hydrogens (tertiary/aromatic N) is 4. The van der Waals surface area contributed by atoms with Crippen molar-refractivity contribution in [3.05, 3.63) is 83.1 Å². The predicted octanol–water partition coefficient (Wildman–Crippen LogP) is 1.52. The Hall–Kier alpha value is -4.32. The third-order valence-corrected chi connectivity index (χ3v) is 4.29. The first-order valence-corrected chi connectivity index (χ1v) is 8.98. The van der Waals surface area contributed by atoms with E-state index in [9.17, 15) is 14.4 Å². The van der Waals surface area contributed by atoms with Gasteiger partial charge in [0.15, 0.2) is 5.82 Å². The van der Waals surface area contributed by atoms with Gasteiger partial charge in [0, 0.05) is 12.6 Å². The van der Waals surface area contributed by atoms with Crippen molar-refractivity contribution in [3.63, 3.8) is 0 Å². The molecule has 0 radical (unpaired) electrons. The summed E-state index contributed by atoms with van der Waals surface area (Å²) in [6.07, 6.45) is 1.48. The van der Waals surface area contributed by atoms with E-state index in [4.69, 9.17) is 12.3 Å². The maximum Gasteiger partial charge on any atom is 0.287 e. The van der Waals surface area contributed by atoms with Crippen LogP contribution in [0.4, 0.5) is 5.69 Å². The fraction of sp³-hybridized carbons (Fsp3) is 0.143. The van der Waals surface area contributed by atoms with E-state index in [1.54, 1.807) is 43.3 Å². The highest BCUT2D eigenvalue weighted by molar-refractivity contribution is 6.38. The molecule has 0 spiro atoms. The Morgan fingerprint density at radius 2 is 1.93 bits per heavy atom. The molecule has 2 amide bonds. The number of Topliss-reactive ketones (excluding diaryl/α,β-unsaturated/α-hetero) is 1. The van der Waals surface area contributed by atoms with E-state index in [0.29, 0.717) is 17.2 Å². The van der Waals surface area contributed by atoms with Crippen LogP contribution >= 0.6 is 0 Å². The molecule has 0 fully saturated rings. The minimum Gasteiger partial charge on any atom is -0.363 e. The van der Waals surface area contributed by atoms with E-state index in [0.717, 1.165) is 5.56 Å². The van der Waals surface area contributed by atoms with Gasteiger partial charge < -0.3 is 11.1 Å². The highest BCUT2D eigenvalue weighted by Gasteiger charge is 2.27. The quantitative estimate of drug-likeness (QED) is 0.458. The van der Waals surface area contributed by atoms with Gasteiger partial charge in [-0.1, -0.05) is 36.4 Å². The van der Waals surface area contributed by atoms with Crippen molar-refractivity contribution in [1.82, 2.24) is 20.1 Å². The third kappa shape index (κ3) is 4.56. The number of hydrogen-bond donors (Lipinski definition) is 2. The molecule has 1 atom stereocenters. The normalized spacial score (nSPS) is 11.3. The van der Waals surface area contributed by atoms with Crippen LogP contribution in [0.25, 0.3) is 10.7 Å². The molecule has 0 aliphatic carbocycles. The zero-order valence-electron chi connectivity index (χ0n) is 16.1. The molecule has 9 heteroatoms. The van der Waals surface area contributed by atoms with Crippen LogP contribution in [0.2, 0.25) is 0 Å². The molecular formula is C21H18N6O3.